The molecular formula is C13H21N3O3. The van der Waals surface area contributed by atoms with Crippen LogP contribution in [0.5, 0.6) is 5.75 Å². The van der Waals surface area contributed by atoms with Gasteiger partial charge in [0.2, 0.25) is 5.91 Å². The third-order valence-electron chi connectivity index (χ3n) is 2.62. The molecule has 0 aromatic heterocycles. The molecule has 0 saturated carbocycles. The van der Waals surface area contributed by atoms with Gasteiger partial charge in [-0.15, -0.1) is 0 Å². The first-order valence-electron chi connectivity index (χ1n) is 6.05. The van der Waals surface area contributed by atoms with Crippen LogP contribution in [0.2, 0.25) is 0 Å². The number of carbonyl (C=O) groups is 1. The van der Waals surface area contributed by atoms with Gasteiger partial charge in [0.25, 0.3) is 0 Å². The molecule has 0 aliphatic carbocycles. The lowest BCUT2D eigenvalue weighted by atomic mass is 10.2. The van der Waals surface area contributed by atoms with Crippen molar-refractivity contribution in [2.24, 2.45) is 0 Å². The summed E-state index contributed by atoms with van der Waals surface area (Å²) in [5.74, 6) is 0.491. The Morgan fingerprint density at radius 2 is 2.16 bits per heavy atom. The molecule has 0 spiro atoms. The maximum atomic E-state index is 11.8. The van der Waals surface area contributed by atoms with Crippen LogP contribution in [-0.2, 0) is 9.53 Å². The molecule has 0 bridgehead atoms. The predicted molar refractivity (Wildman–Crippen MR) is 75.4 cm³/mol. The summed E-state index contributed by atoms with van der Waals surface area (Å²) in [5.41, 5.74) is 7.06. The zero-order valence-corrected chi connectivity index (χ0v) is 11.5. The van der Waals surface area contributed by atoms with Gasteiger partial charge < -0.3 is 25.8 Å². The van der Waals surface area contributed by atoms with Crippen LogP contribution in [0.15, 0.2) is 18.2 Å². The van der Waals surface area contributed by atoms with Crippen LogP contribution in [0.4, 0.5) is 11.4 Å². The third-order valence-corrected chi connectivity index (χ3v) is 2.62. The average molecular weight is 267 g/mol. The van der Waals surface area contributed by atoms with Gasteiger partial charge >= 0.3 is 0 Å². The number of nitrogen functional groups attached to an aromatic ring is 1. The van der Waals surface area contributed by atoms with Crippen LogP contribution in [0, 0.1) is 0 Å². The number of anilines is 2. The van der Waals surface area contributed by atoms with E-state index < -0.39 is 0 Å². The number of rotatable bonds is 7. The SMILES string of the molecule is COCCNC(=O)C(C)Nc1ccc(N)c(OC)c1. The first-order valence-corrected chi connectivity index (χ1v) is 6.05. The number of nitrogens with two attached hydrogens (primary N) is 1. The maximum absolute atomic E-state index is 11.8. The predicted octanol–water partition coefficient (Wildman–Crippen LogP) is 0.840. The monoisotopic (exact) mass is 267 g/mol. The molecule has 1 aromatic carbocycles. The summed E-state index contributed by atoms with van der Waals surface area (Å²) < 4.78 is 9.99. The van der Waals surface area contributed by atoms with Gasteiger partial charge in [-0.2, -0.15) is 0 Å². The van der Waals surface area contributed by atoms with Crippen molar-refractivity contribution >= 4 is 17.3 Å². The van der Waals surface area contributed by atoms with Crippen molar-refractivity contribution in [2.75, 3.05) is 38.4 Å². The quantitative estimate of drug-likeness (QED) is 0.503. The first kappa shape index (κ1) is 15.1. The van der Waals surface area contributed by atoms with E-state index >= 15 is 0 Å². The second kappa shape index (κ2) is 7.48. The second-order valence-corrected chi connectivity index (χ2v) is 4.11. The third kappa shape index (κ3) is 4.67. The number of hydrogen-bond acceptors (Lipinski definition) is 5. The molecule has 0 fully saturated rings. The minimum absolute atomic E-state index is 0.0900. The van der Waals surface area contributed by atoms with E-state index in [0.29, 0.717) is 24.6 Å². The summed E-state index contributed by atoms with van der Waals surface area (Å²) >= 11 is 0. The molecule has 1 atom stereocenters. The van der Waals surface area contributed by atoms with E-state index in [2.05, 4.69) is 10.6 Å². The maximum Gasteiger partial charge on any atom is 0.242 e. The van der Waals surface area contributed by atoms with E-state index in [9.17, 15) is 4.79 Å². The second-order valence-electron chi connectivity index (χ2n) is 4.11. The molecule has 1 aromatic rings. The van der Waals surface area contributed by atoms with Gasteiger partial charge in [-0.1, -0.05) is 0 Å². The molecule has 19 heavy (non-hydrogen) atoms. The topological polar surface area (TPSA) is 85.6 Å². The largest absolute Gasteiger partial charge is 0.495 e. The zero-order chi connectivity index (χ0) is 14.3. The molecule has 0 heterocycles. The lowest BCUT2D eigenvalue weighted by Crippen LogP contribution is -2.39. The van der Waals surface area contributed by atoms with Crippen molar-refractivity contribution in [1.82, 2.24) is 5.32 Å². The molecule has 0 aliphatic rings. The van der Waals surface area contributed by atoms with Gasteiger partial charge in [0.05, 0.1) is 19.4 Å². The molecule has 1 rings (SSSR count). The average Bonchev–Trinajstić information content (AvgIpc) is 2.41. The molecule has 0 aliphatic heterocycles. The minimum atomic E-state index is -0.356. The molecule has 1 unspecified atom stereocenters. The number of carbonyl (C=O) groups excluding carboxylic acids is 1. The summed E-state index contributed by atoms with van der Waals surface area (Å²) in [6, 6.07) is 4.94. The van der Waals surface area contributed by atoms with Crippen molar-refractivity contribution < 1.29 is 14.3 Å². The molecule has 6 heteroatoms. The van der Waals surface area contributed by atoms with E-state index in [1.165, 1.54) is 0 Å². The molecule has 4 N–H and O–H groups in total. The number of ether oxygens (including phenoxy) is 2. The Balaban J connectivity index is 2.56. The van der Waals surface area contributed by atoms with Gasteiger partial charge in [0, 0.05) is 25.4 Å². The summed E-state index contributed by atoms with van der Waals surface area (Å²) in [5, 5.41) is 5.84. The minimum Gasteiger partial charge on any atom is -0.495 e. The van der Waals surface area contributed by atoms with Crippen molar-refractivity contribution in [3.8, 4) is 5.75 Å². The highest BCUT2D eigenvalue weighted by Crippen LogP contribution is 2.25. The highest BCUT2D eigenvalue weighted by atomic mass is 16.5. The summed E-state index contributed by atoms with van der Waals surface area (Å²) in [6.07, 6.45) is 0. The molecular weight excluding hydrogens is 246 g/mol. The summed E-state index contributed by atoms with van der Waals surface area (Å²) in [7, 11) is 3.14. The van der Waals surface area contributed by atoms with Gasteiger partial charge in [0.1, 0.15) is 11.8 Å². The van der Waals surface area contributed by atoms with Crippen molar-refractivity contribution in [3.05, 3.63) is 18.2 Å². The normalized spacial score (nSPS) is 11.7. The Labute approximate surface area is 113 Å². The van der Waals surface area contributed by atoms with E-state index in [1.54, 1.807) is 39.3 Å². The smallest absolute Gasteiger partial charge is 0.242 e. The number of hydrogen-bond donors (Lipinski definition) is 3. The van der Waals surface area contributed by atoms with Crippen LogP contribution < -0.4 is 21.1 Å². The van der Waals surface area contributed by atoms with Gasteiger partial charge in [0.15, 0.2) is 0 Å². The van der Waals surface area contributed by atoms with Crippen molar-refractivity contribution in [1.29, 1.82) is 0 Å². The first-order chi connectivity index (χ1) is 9.08. The highest BCUT2D eigenvalue weighted by Gasteiger charge is 2.12. The fourth-order valence-electron chi connectivity index (χ4n) is 1.55. The Morgan fingerprint density at radius 1 is 1.42 bits per heavy atom. The number of methoxy groups -OCH3 is 2. The fraction of sp³-hybridized carbons (Fsp3) is 0.462. The van der Waals surface area contributed by atoms with Crippen molar-refractivity contribution in [3.63, 3.8) is 0 Å². The standard InChI is InChI=1S/C13H21N3O3/c1-9(13(17)15-6-7-18-2)16-10-4-5-11(14)12(8-10)19-3/h4-5,8-9,16H,6-7,14H2,1-3H3,(H,15,17). The van der Waals surface area contributed by atoms with E-state index in [0.717, 1.165) is 5.69 Å². The number of benzene rings is 1. The van der Waals surface area contributed by atoms with Gasteiger partial charge in [-0.3, -0.25) is 4.79 Å². The lowest BCUT2D eigenvalue weighted by Gasteiger charge is -2.16. The van der Waals surface area contributed by atoms with Crippen molar-refractivity contribution in [2.45, 2.75) is 13.0 Å². The van der Waals surface area contributed by atoms with Crippen LogP contribution >= 0.6 is 0 Å². The van der Waals surface area contributed by atoms with Crippen LogP contribution in [0.25, 0.3) is 0 Å². The lowest BCUT2D eigenvalue weighted by molar-refractivity contribution is -0.121. The van der Waals surface area contributed by atoms with E-state index in [4.69, 9.17) is 15.2 Å². The molecule has 0 radical (unpaired) electrons. The number of amides is 1. The number of nitrogens with one attached hydrogen (secondary N) is 2. The highest BCUT2D eigenvalue weighted by molar-refractivity contribution is 5.84. The van der Waals surface area contributed by atoms with Crippen LogP contribution in [0.1, 0.15) is 6.92 Å². The summed E-state index contributed by atoms with van der Waals surface area (Å²) in [4.78, 5) is 11.8. The Hall–Kier alpha value is -1.95. The van der Waals surface area contributed by atoms with Gasteiger partial charge in [-0.25, -0.2) is 0 Å². The molecule has 0 saturated heterocycles. The van der Waals surface area contributed by atoms with Crippen LogP contribution in [0.3, 0.4) is 0 Å². The Kier molecular flexibility index (Phi) is 5.95. The Morgan fingerprint density at radius 3 is 2.79 bits per heavy atom. The van der Waals surface area contributed by atoms with E-state index in [-0.39, 0.29) is 11.9 Å². The molecule has 106 valence electrons. The molecule has 6 nitrogen and oxygen atoms in total. The zero-order valence-electron chi connectivity index (χ0n) is 11.5. The van der Waals surface area contributed by atoms with Crippen LogP contribution in [-0.4, -0.2) is 39.3 Å². The van der Waals surface area contributed by atoms with E-state index in [1.807, 2.05) is 0 Å². The summed E-state index contributed by atoms with van der Waals surface area (Å²) in [6.45, 7) is 2.77. The fourth-order valence-corrected chi connectivity index (χ4v) is 1.55. The molecule has 1 amide bonds. The van der Waals surface area contributed by atoms with Gasteiger partial charge in [-0.05, 0) is 19.1 Å². The Bertz CT molecular complexity index is 424.